The smallest absolute Gasteiger partial charge is 0.165 e. The molecule has 0 radical (unpaired) electrons. The maximum atomic E-state index is 6.53. The molecule has 0 fully saturated rings. The molecule has 0 aliphatic heterocycles. The summed E-state index contributed by atoms with van der Waals surface area (Å²) in [4.78, 5) is 25.8. The summed E-state index contributed by atoms with van der Waals surface area (Å²) in [7, 11) is 0. The second-order valence-corrected chi connectivity index (χ2v) is 14.7. The van der Waals surface area contributed by atoms with E-state index in [1.165, 1.54) is 15.5 Å². The second-order valence-electron chi connectivity index (χ2n) is 13.7. The van der Waals surface area contributed by atoms with E-state index in [1.807, 2.05) is 84.9 Å². The largest absolute Gasteiger partial charge is 0.456 e. The molecule has 5 aromatic heterocycles. The van der Waals surface area contributed by atoms with Crippen LogP contribution in [-0.2, 0) is 0 Å². The lowest BCUT2D eigenvalue weighted by molar-refractivity contribution is 0.669. The van der Waals surface area contributed by atoms with Gasteiger partial charge in [-0.2, -0.15) is 0 Å². The molecular formula is C47H26N6OS. The van der Waals surface area contributed by atoms with E-state index in [0.29, 0.717) is 17.5 Å². The van der Waals surface area contributed by atoms with Crippen molar-refractivity contribution in [1.82, 2.24) is 29.3 Å². The van der Waals surface area contributed by atoms with Crippen molar-refractivity contribution in [1.29, 1.82) is 0 Å². The van der Waals surface area contributed by atoms with E-state index >= 15 is 0 Å². The van der Waals surface area contributed by atoms with E-state index < -0.39 is 0 Å². The van der Waals surface area contributed by atoms with Gasteiger partial charge in [-0.3, -0.25) is 4.40 Å². The predicted molar refractivity (Wildman–Crippen MR) is 223 cm³/mol. The third-order valence-electron chi connectivity index (χ3n) is 10.5. The Morgan fingerprint density at radius 1 is 0.455 bits per heavy atom. The monoisotopic (exact) mass is 722 g/mol. The van der Waals surface area contributed by atoms with Gasteiger partial charge < -0.3 is 4.42 Å². The van der Waals surface area contributed by atoms with Gasteiger partial charge in [0.05, 0.1) is 16.6 Å². The molecule has 256 valence electrons. The number of aromatic nitrogens is 6. The van der Waals surface area contributed by atoms with E-state index in [-0.39, 0.29) is 0 Å². The number of imidazole rings is 1. The molecule has 0 bridgehead atoms. The van der Waals surface area contributed by atoms with Crippen molar-refractivity contribution in [2.75, 3.05) is 0 Å². The normalized spacial score (nSPS) is 12.0. The lowest BCUT2D eigenvalue weighted by atomic mass is 10.0. The first kappa shape index (κ1) is 30.2. The van der Waals surface area contributed by atoms with Crippen molar-refractivity contribution in [3.63, 3.8) is 0 Å². The van der Waals surface area contributed by atoms with E-state index in [0.717, 1.165) is 82.3 Å². The van der Waals surface area contributed by atoms with Crippen LogP contribution in [0.4, 0.5) is 0 Å². The van der Waals surface area contributed by atoms with E-state index in [4.69, 9.17) is 29.3 Å². The van der Waals surface area contributed by atoms with E-state index in [2.05, 4.69) is 77.2 Å². The third kappa shape index (κ3) is 4.58. The molecule has 8 heteroatoms. The zero-order valence-electron chi connectivity index (χ0n) is 29.0. The van der Waals surface area contributed by atoms with Crippen molar-refractivity contribution < 1.29 is 4.42 Å². The van der Waals surface area contributed by atoms with Crippen LogP contribution in [0.3, 0.4) is 0 Å². The minimum absolute atomic E-state index is 0.576. The molecule has 55 heavy (non-hydrogen) atoms. The van der Waals surface area contributed by atoms with Crippen LogP contribution in [0.5, 0.6) is 0 Å². The summed E-state index contributed by atoms with van der Waals surface area (Å²) in [6.45, 7) is 0. The highest BCUT2D eigenvalue weighted by atomic mass is 32.1. The molecule has 7 nitrogen and oxygen atoms in total. The molecule has 0 N–H and O–H groups in total. The Bertz CT molecular complexity index is 3510. The van der Waals surface area contributed by atoms with Crippen LogP contribution >= 0.6 is 11.3 Å². The molecule has 0 aliphatic carbocycles. The fourth-order valence-corrected chi connectivity index (χ4v) is 9.16. The maximum Gasteiger partial charge on any atom is 0.165 e. The zero-order valence-corrected chi connectivity index (χ0v) is 29.8. The number of para-hydroxylation sites is 3. The summed E-state index contributed by atoms with van der Waals surface area (Å²) >= 11 is 1.77. The highest BCUT2D eigenvalue weighted by Gasteiger charge is 2.21. The fourth-order valence-electron chi connectivity index (χ4n) is 7.95. The highest BCUT2D eigenvalue weighted by molar-refractivity contribution is 7.26. The molecule has 12 aromatic rings. The zero-order chi connectivity index (χ0) is 36.0. The standard InChI is InChI=1S/C47H26N6OS/c1-2-12-27(13-3-1)43-50-44(52-45(51-43)33-18-10-16-30-29-14-5-9-23-40(29)55-42(30)33)32-17-11-22-39-41(32)34-26-28(24-25-38(34)54-39)46-48-35-19-6-4-15-31(35)47-49-36-20-7-8-21-37(36)53(46)47/h1-26H. The Kier molecular flexibility index (Phi) is 6.37. The van der Waals surface area contributed by atoms with Crippen LogP contribution in [-0.4, -0.2) is 29.3 Å². The molecule has 0 saturated carbocycles. The molecule has 0 saturated heterocycles. The SMILES string of the molecule is c1ccc(-c2nc(-c3cccc4c3sc3ccccc34)nc(-c3cccc4oc5ccc(-c6nc7ccccc7c7nc8ccccc8n67)cc5c34)n2)cc1. The lowest BCUT2D eigenvalue weighted by Gasteiger charge is -2.10. The lowest BCUT2D eigenvalue weighted by Crippen LogP contribution is -2.00. The molecule has 0 atom stereocenters. The van der Waals surface area contributed by atoms with Crippen LogP contribution in [0.25, 0.3) is 115 Å². The van der Waals surface area contributed by atoms with Gasteiger partial charge in [-0.05, 0) is 60.7 Å². The summed E-state index contributed by atoms with van der Waals surface area (Å²) in [5.74, 6) is 2.62. The third-order valence-corrected chi connectivity index (χ3v) is 11.7. The first-order valence-corrected chi connectivity index (χ1v) is 18.9. The summed E-state index contributed by atoms with van der Waals surface area (Å²) in [5.41, 5.74) is 8.91. The average molecular weight is 723 g/mol. The molecular weight excluding hydrogens is 697 g/mol. The minimum Gasteiger partial charge on any atom is -0.456 e. The molecule has 0 spiro atoms. The van der Waals surface area contributed by atoms with Crippen LogP contribution in [0.2, 0.25) is 0 Å². The average Bonchev–Trinajstić information content (AvgIpc) is 3.95. The number of benzene rings is 7. The fraction of sp³-hybridized carbons (Fsp3) is 0. The van der Waals surface area contributed by atoms with Gasteiger partial charge in [0.15, 0.2) is 17.5 Å². The molecule has 0 unspecified atom stereocenters. The summed E-state index contributed by atoms with van der Waals surface area (Å²) < 4.78 is 11.1. The Balaban J connectivity index is 1.11. The Morgan fingerprint density at radius 2 is 1.16 bits per heavy atom. The van der Waals surface area contributed by atoms with Gasteiger partial charge in [0.25, 0.3) is 0 Å². The number of furan rings is 1. The molecule has 0 amide bonds. The second kappa shape index (κ2) is 11.6. The van der Waals surface area contributed by atoms with Crippen molar-refractivity contribution in [2.45, 2.75) is 0 Å². The number of hydrogen-bond acceptors (Lipinski definition) is 7. The predicted octanol–water partition coefficient (Wildman–Crippen LogP) is 12.2. The highest BCUT2D eigenvalue weighted by Crippen LogP contribution is 2.42. The van der Waals surface area contributed by atoms with Gasteiger partial charge in [0.1, 0.15) is 22.6 Å². The van der Waals surface area contributed by atoms with Crippen molar-refractivity contribution in [3.05, 3.63) is 158 Å². The van der Waals surface area contributed by atoms with Gasteiger partial charge in [0, 0.05) is 58.6 Å². The van der Waals surface area contributed by atoms with Gasteiger partial charge in [-0.1, -0.05) is 97.1 Å². The van der Waals surface area contributed by atoms with Gasteiger partial charge in [-0.15, -0.1) is 11.3 Å². The van der Waals surface area contributed by atoms with Crippen LogP contribution in [0.1, 0.15) is 0 Å². The number of fused-ring (bicyclic) bond motifs is 11. The quantitative estimate of drug-likeness (QED) is 0.180. The molecule has 12 rings (SSSR count). The molecule has 5 heterocycles. The Hall–Kier alpha value is -7.29. The summed E-state index contributed by atoms with van der Waals surface area (Å²) in [6, 6.07) is 53.8. The van der Waals surface area contributed by atoms with E-state index in [1.54, 1.807) is 11.3 Å². The summed E-state index contributed by atoms with van der Waals surface area (Å²) in [5, 5.41) is 5.31. The minimum atomic E-state index is 0.576. The first-order chi connectivity index (χ1) is 27.2. The van der Waals surface area contributed by atoms with E-state index in [9.17, 15) is 0 Å². The van der Waals surface area contributed by atoms with Crippen LogP contribution in [0, 0.1) is 0 Å². The topological polar surface area (TPSA) is 82.0 Å². The number of hydrogen-bond donors (Lipinski definition) is 0. The van der Waals surface area contributed by atoms with Crippen molar-refractivity contribution >= 4 is 81.0 Å². The molecule has 0 aliphatic rings. The Labute approximate surface area is 316 Å². The van der Waals surface area contributed by atoms with Crippen LogP contribution < -0.4 is 0 Å². The van der Waals surface area contributed by atoms with Crippen molar-refractivity contribution in [3.8, 4) is 45.6 Å². The number of nitrogens with zero attached hydrogens (tertiary/aromatic N) is 6. The number of thiophene rings is 1. The van der Waals surface area contributed by atoms with Gasteiger partial charge in [0.2, 0.25) is 0 Å². The number of rotatable bonds is 4. The first-order valence-electron chi connectivity index (χ1n) is 18.1. The Morgan fingerprint density at radius 3 is 2.07 bits per heavy atom. The summed E-state index contributed by atoms with van der Waals surface area (Å²) in [6.07, 6.45) is 0. The van der Waals surface area contributed by atoms with Crippen molar-refractivity contribution in [2.24, 2.45) is 0 Å². The van der Waals surface area contributed by atoms with Crippen LogP contribution in [0.15, 0.2) is 162 Å². The molecule has 7 aromatic carbocycles. The van der Waals surface area contributed by atoms with Gasteiger partial charge in [-0.25, -0.2) is 24.9 Å². The van der Waals surface area contributed by atoms with Gasteiger partial charge >= 0.3 is 0 Å². The maximum absolute atomic E-state index is 6.53.